The van der Waals surface area contributed by atoms with Crippen LogP contribution in [-0.2, 0) is 9.53 Å². The molecule has 0 spiro atoms. The minimum absolute atomic E-state index is 0.134. The van der Waals surface area contributed by atoms with Gasteiger partial charge in [0, 0.05) is 5.57 Å². The van der Waals surface area contributed by atoms with E-state index < -0.39 is 0 Å². The average molecular weight is 619 g/mol. The van der Waals surface area contributed by atoms with Crippen LogP contribution in [0.25, 0.3) is 0 Å². The first kappa shape index (κ1) is 43.2. The number of carbonyl (C=O) groups excluding carboxylic acids is 1. The Morgan fingerprint density at radius 2 is 0.659 bits per heavy atom. The van der Waals surface area contributed by atoms with Crippen molar-refractivity contribution in [3.63, 3.8) is 0 Å². The monoisotopic (exact) mass is 619 g/mol. The molecule has 0 aliphatic heterocycles. The molecule has 2 nitrogen and oxygen atoms in total. The SMILES string of the molecule is C=C(C(=O)OCCCC)C(CCCCCCCCCCCCCCCC)CCCCCCCCCCCCCCCCCC. The summed E-state index contributed by atoms with van der Waals surface area (Å²) in [5.41, 5.74) is 0.747. The lowest BCUT2D eigenvalue weighted by atomic mass is 9.88. The largest absolute Gasteiger partial charge is 0.462 e. The molecule has 0 saturated carbocycles. The quantitative estimate of drug-likeness (QED) is 0.0393. The molecule has 0 aliphatic rings. The molecule has 0 radical (unpaired) electrons. The molecule has 0 N–H and O–H groups in total. The van der Waals surface area contributed by atoms with Crippen molar-refractivity contribution in [3.8, 4) is 0 Å². The molecule has 0 aromatic heterocycles. The second-order valence-electron chi connectivity index (χ2n) is 14.2. The van der Waals surface area contributed by atoms with E-state index in [1.807, 2.05) is 0 Å². The summed E-state index contributed by atoms with van der Waals surface area (Å²) in [6, 6.07) is 0. The Labute approximate surface area is 278 Å². The average Bonchev–Trinajstić information content (AvgIpc) is 3.03. The lowest BCUT2D eigenvalue weighted by Gasteiger charge is -2.19. The molecule has 262 valence electrons. The lowest BCUT2D eigenvalue weighted by molar-refractivity contribution is -0.139. The highest BCUT2D eigenvalue weighted by atomic mass is 16.5. The second-order valence-corrected chi connectivity index (χ2v) is 14.2. The first-order valence-corrected chi connectivity index (χ1v) is 20.5. The Bertz CT molecular complexity index is 582. The summed E-state index contributed by atoms with van der Waals surface area (Å²) >= 11 is 0. The molecule has 44 heavy (non-hydrogen) atoms. The summed E-state index contributed by atoms with van der Waals surface area (Å²) in [6.07, 6.45) is 46.0. The van der Waals surface area contributed by atoms with Crippen LogP contribution in [0.5, 0.6) is 0 Å². The maximum absolute atomic E-state index is 12.7. The fourth-order valence-corrected chi connectivity index (χ4v) is 6.59. The third-order valence-corrected chi connectivity index (χ3v) is 9.80. The van der Waals surface area contributed by atoms with Crippen molar-refractivity contribution in [2.24, 2.45) is 5.92 Å². The standard InChI is InChI=1S/C42H82O2/c1-5-8-11-13-15-17-19-21-23-24-26-28-30-32-34-36-38-41(40(4)42(43)44-39-10-7-3)37-35-33-31-29-27-25-22-20-18-16-14-12-9-6-2/h41H,4-39H2,1-3H3. The van der Waals surface area contributed by atoms with Crippen LogP contribution in [0.1, 0.15) is 239 Å². The van der Waals surface area contributed by atoms with Crippen LogP contribution in [0.4, 0.5) is 0 Å². The molecule has 0 amide bonds. The van der Waals surface area contributed by atoms with E-state index in [9.17, 15) is 4.79 Å². The zero-order valence-electron chi connectivity index (χ0n) is 30.8. The molecule has 0 aliphatic carbocycles. The number of carbonyl (C=O) groups is 1. The van der Waals surface area contributed by atoms with Crippen LogP contribution in [0.3, 0.4) is 0 Å². The van der Waals surface area contributed by atoms with E-state index in [4.69, 9.17) is 4.74 Å². The van der Waals surface area contributed by atoms with Gasteiger partial charge in [-0.1, -0.05) is 226 Å². The van der Waals surface area contributed by atoms with Gasteiger partial charge in [-0.2, -0.15) is 0 Å². The zero-order chi connectivity index (χ0) is 32.2. The summed E-state index contributed by atoms with van der Waals surface area (Å²) in [5, 5.41) is 0. The Hall–Kier alpha value is -0.790. The number of hydrogen-bond donors (Lipinski definition) is 0. The van der Waals surface area contributed by atoms with Gasteiger partial charge in [-0.15, -0.1) is 0 Å². The summed E-state index contributed by atoms with van der Waals surface area (Å²) in [5.74, 6) is 0.179. The van der Waals surface area contributed by atoms with Gasteiger partial charge < -0.3 is 4.74 Å². The number of rotatable bonds is 37. The van der Waals surface area contributed by atoms with Gasteiger partial charge in [-0.05, 0) is 25.2 Å². The van der Waals surface area contributed by atoms with Crippen LogP contribution in [0.2, 0.25) is 0 Å². The van der Waals surface area contributed by atoms with Gasteiger partial charge in [0.2, 0.25) is 0 Å². The normalized spacial score (nSPS) is 12.1. The van der Waals surface area contributed by atoms with Gasteiger partial charge in [0.15, 0.2) is 0 Å². The summed E-state index contributed by atoms with van der Waals surface area (Å²) in [6.45, 7) is 11.5. The van der Waals surface area contributed by atoms with E-state index in [2.05, 4.69) is 27.4 Å². The zero-order valence-corrected chi connectivity index (χ0v) is 30.8. The Balaban J connectivity index is 3.95. The van der Waals surface area contributed by atoms with E-state index in [0.29, 0.717) is 12.5 Å². The lowest BCUT2D eigenvalue weighted by Crippen LogP contribution is -2.16. The van der Waals surface area contributed by atoms with Crippen LogP contribution < -0.4 is 0 Å². The molecule has 0 fully saturated rings. The smallest absolute Gasteiger partial charge is 0.333 e. The van der Waals surface area contributed by atoms with Gasteiger partial charge in [0.05, 0.1) is 6.61 Å². The van der Waals surface area contributed by atoms with Crippen molar-refractivity contribution >= 4 is 5.97 Å². The fraction of sp³-hybridized carbons (Fsp3) is 0.929. The number of hydrogen-bond acceptors (Lipinski definition) is 2. The molecular formula is C42H82O2. The highest BCUT2D eigenvalue weighted by Crippen LogP contribution is 2.26. The van der Waals surface area contributed by atoms with Gasteiger partial charge >= 0.3 is 5.97 Å². The van der Waals surface area contributed by atoms with Crippen molar-refractivity contribution in [1.29, 1.82) is 0 Å². The van der Waals surface area contributed by atoms with Gasteiger partial charge in [-0.25, -0.2) is 4.79 Å². The Morgan fingerprint density at radius 1 is 0.409 bits per heavy atom. The number of ether oxygens (including phenoxy) is 1. The highest BCUT2D eigenvalue weighted by Gasteiger charge is 2.19. The number of unbranched alkanes of at least 4 members (excludes halogenated alkanes) is 29. The van der Waals surface area contributed by atoms with Crippen LogP contribution in [-0.4, -0.2) is 12.6 Å². The van der Waals surface area contributed by atoms with Crippen LogP contribution in [0, 0.1) is 5.92 Å². The maximum atomic E-state index is 12.7. The number of esters is 1. The molecule has 2 heteroatoms. The molecule has 0 heterocycles. The molecule has 0 bridgehead atoms. The fourth-order valence-electron chi connectivity index (χ4n) is 6.59. The van der Waals surface area contributed by atoms with E-state index >= 15 is 0 Å². The minimum Gasteiger partial charge on any atom is -0.462 e. The molecule has 1 atom stereocenters. The van der Waals surface area contributed by atoms with E-state index in [1.165, 1.54) is 193 Å². The molecular weight excluding hydrogens is 536 g/mol. The summed E-state index contributed by atoms with van der Waals surface area (Å²) in [7, 11) is 0. The van der Waals surface area contributed by atoms with Crippen molar-refractivity contribution in [3.05, 3.63) is 12.2 Å². The van der Waals surface area contributed by atoms with Gasteiger partial charge in [0.25, 0.3) is 0 Å². The summed E-state index contributed by atoms with van der Waals surface area (Å²) < 4.78 is 5.54. The maximum Gasteiger partial charge on any atom is 0.333 e. The van der Waals surface area contributed by atoms with Crippen molar-refractivity contribution < 1.29 is 9.53 Å². The molecule has 0 aromatic rings. The van der Waals surface area contributed by atoms with Gasteiger partial charge in [-0.3, -0.25) is 0 Å². The predicted molar refractivity (Wildman–Crippen MR) is 198 cm³/mol. The van der Waals surface area contributed by atoms with Crippen LogP contribution >= 0.6 is 0 Å². The van der Waals surface area contributed by atoms with Crippen molar-refractivity contribution in [1.82, 2.24) is 0 Å². The first-order chi connectivity index (χ1) is 21.7. The van der Waals surface area contributed by atoms with Crippen LogP contribution in [0.15, 0.2) is 12.2 Å². The molecule has 0 aromatic carbocycles. The molecule has 1 unspecified atom stereocenters. The van der Waals surface area contributed by atoms with Crippen molar-refractivity contribution in [2.45, 2.75) is 239 Å². The minimum atomic E-state index is -0.134. The summed E-state index contributed by atoms with van der Waals surface area (Å²) in [4.78, 5) is 12.7. The second kappa shape index (κ2) is 36.7. The third kappa shape index (κ3) is 31.2. The highest BCUT2D eigenvalue weighted by molar-refractivity contribution is 5.88. The van der Waals surface area contributed by atoms with Gasteiger partial charge in [0.1, 0.15) is 0 Å². The topological polar surface area (TPSA) is 26.3 Å². The van der Waals surface area contributed by atoms with E-state index in [-0.39, 0.29) is 5.97 Å². The first-order valence-electron chi connectivity index (χ1n) is 20.5. The predicted octanol–water partition coefficient (Wildman–Crippen LogP) is 15.0. The third-order valence-electron chi connectivity index (χ3n) is 9.80. The molecule has 0 rings (SSSR count). The Kier molecular flexibility index (Phi) is 36.0. The Morgan fingerprint density at radius 3 is 0.932 bits per heavy atom. The molecule has 0 saturated heterocycles. The van der Waals surface area contributed by atoms with E-state index in [1.54, 1.807) is 0 Å². The van der Waals surface area contributed by atoms with E-state index in [0.717, 1.165) is 31.3 Å². The van der Waals surface area contributed by atoms with Crippen molar-refractivity contribution in [2.75, 3.05) is 6.61 Å².